The summed E-state index contributed by atoms with van der Waals surface area (Å²) in [6.07, 6.45) is -3.14. The van der Waals surface area contributed by atoms with E-state index in [1.165, 1.54) is 0 Å². The van der Waals surface area contributed by atoms with E-state index in [1.807, 2.05) is 0 Å². The monoisotopic (exact) mass is 207 g/mol. The number of ether oxygens (including phenoxy) is 1. The molecule has 14 heavy (non-hydrogen) atoms. The van der Waals surface area contributed by atoms with E-state index in [-0.39, 0.29) is 6.42 Å². The third kappa shape index (κ3) is 2.32. The summed E-state index contributed by atoms with van der Waals surface area (Å²) in [7, 11) is 0. The van der Waals surface area contributed by atoms with E-state index in [0.29, 0.717) is 0 Å². The molecule has 0 radical (unpaired) electrons. The Morgan fingerprint density at radius 1 is 1.29 bits per heavy atom. The molecule has 7 nitrogen and oxygen atoms in total. The molecule has 0 saturated carbocycles. The summed E-state index contributed by atoms with van der Waals surface area (Å²) in [6.45, 7) is -0.408. The van der Waals surface area contributed by atoms with E-state index in [4.69, 9.17) is 15.1 Å². The Bertz CT molecular complexity index is 216. The molecule has 0 amide bonds. The maximum absolute atomic E-state index is 10.1. The fourth-order valence-electron chi connectivity index (χ4n) is 1.37. The van der Waals surface area contributed by atoms with Crippen LogP contribution in [0.2, 0.25) is 0 Å². The molecule has 0 aliphatic carbocycles. The number of aliphatic hydroxyl groups excluding tert-OH is 3. The van der Waals surface area contributed by atoms with Crippen molar-refractivity contribution >= 4 is 6.21 Å². The van der Waals surface area contributed by atoms with Crippen LogP contribution in [0.1, 0.15) is 6.42 Å². The fourth-order valence-corrected chi connectivity index (χ4v) is 1.37. The Balaban J connectivity index is 2.52. The van der Waals surface area contributed by atoms with Gasteiger partial charge in [-0.25, -0.2) is 0 Å². The van der Waals surface area contributed by atoms with E-state index in [9.17, 15) is 15.4 Å². The number of rotatable bonds is 3. The second-order valence-electron chi connectivity index (χ2n) is 3.10. The second kappa shape index (κ2) is 4.56. The van der Waals surface area contributed by atoms with Crippen LogP contribution < -0.4 is 0 Å². The summed E-state index contributed by atoms with van der Waals surface area (Å²) in [4.78, 5) is -0.394. The predicted octanol–water partition coefficient (Wildman–Crippen LogP) is -2.17. The van der Waals surface area contributed by atoms with E-state index in [2.05, 4.69) is 0 Å². The van der Waals surface area contributed by atoms with Crippen LogP contribution in [0.4, 0.5) is 0 Å². The van der Waals surface area contributed by atoms with Crippen LogP contribution in [0.15, 0.2) is 0 Å². The van der Waals surface area contributed by atoms with Crippen LogP contribution in [0, 0.1) is 5.21 Å². The Labute approximate surface area is 80.0 Å². The number of aliphatic hydroxyl groups is 3. The largest absolute Gasteiger partial charge is 0.418 e. The molecule has 1 rings (SSSR count). The van der Waals surface area contributed by atoms with Gasteiger partial charge in [-0.1, -0.05) is 0 Å². The molecule has 0 bridgehead atoms. The summed E-state index contributed by atoms with van der Waals surface area (Å²) in [6, 6.07) is 0. The summed E-state index contributed by atoms with van der Waals surface area (Å²) >= 11 is 0. The van der Waals surface area contributed by atoms with Gasteiger partial charge in [0.2, 0.25) is 6.21 Å². The Hall–Kier alpha value is -0.890. The number of nitrogens with zero attached hydrogens (tertiary/aromatic N) is 1. The van der Waals surface area contributed by atoms with Crippen molar-refractivity contribution in [3.05, 3.63) is 5.21 Å². The lowest BCUT2D eigenvalue weighted by Gasteiger charge is -2.10. The molecular formula is C7H13NO6. The highest BCUT2D eigenvalue weighted by Crippen LogP contribution is 2.22. The third-order valence-corrected chi connectivity index (χ3v) is 2.14. The van der Waals surface area contributed by atoms with Crippen LogP contribution in [0.5, 0.6) is 0 Å². The van der Waals surface area contributed by atoms with Crippen molar-refractivity contribution in [3.63, 3.8) is 0 Å². The van der Waals surface area contributed by atoms with Gasteiger partial charge in [0.15, 0.2) is 0 Å². The van der Waals surface area contributed by atoms with E-state index >= 15 is 0 Å². The smallest absolute Gasteiger partial charge is 0.212 e. The topological polar surface area (TPSA) is 116 Å². The van der Waals surface area contributed by atoms with Gasteiger partial charge in [0.25, 0.3) is 0 Å². The van der Waals surface area contributed by atoms with Gasteiger partial charge in [-0.05, 0) is 0 Å². The van der Waals surface area contributed by atoms with Gasteiger partial charge >= 0.3 is 0 Å². The molecule has 4 atom stereocenters. The summed E-state index contributed by atoms with van der Waals surface area (Å²) in [5.74, 6) is 0. The molecule has 1 heterocycles. The molecule has 0 aromatic heterocycles. The number of hydrogen-bond donors (Lipinski definition) is 4. The van der Waals surface area contributed by atoms with Crippen LogP contribution in [-0.4, -0.2) is 62.7 Å². The molecular weight excluding hydrogens is 194 g/mol. The Morgan fingerprint density at radius 3 is 2.29 bits per heavy atom. The highest BCUT2D eigenvalue weighted by Gasteiger charge is 2.42. The van der Waals surface area contributed by atoms with Crippen LogP contribution in [-0.2, 0) is 4.74 Å². The zero-order valence-corrected chi connectivity index (χ0v) is 7.35. The minimum atomic E-state index is -1.17. The molecule has 1 fully saturated rings. The molecule has 0 spiro atoms. The first kappa shape index (κ1) is 11.2. The van der Waals surface area contributed by atoms with E-state index in [1.54, 1.807) is 0 Å². The second-order valence-corrected chi connectivity index (χ2v) is 3.10. The van der Waals surface area contributed by atoms with Crippen molar-refractivity contribution in [2.45, 2.75) is 30.8 Å². The fraction of sp³-hybridized carbons (Fsp3) is 0.857. The average molecular weight is 207 g/mol. The Kier molecular flexibility index (Phi) is 3.64. The average Bonchev–Trinajstić information content (AvgIpc) is 2.41. The molecule has 0 aromatic rings. The summed E-state index contributed by atoms with van der Waals surface area (Å²) in [5, 5.41) is 45.7. The van der Waals surface area contributed by atoms with Crippen LogP contribution in [0.25, 0.3) is 0 Å². The highest BCUT2D eigenvalue weighted by atomic mass is 16.8. The third-order valence-electron chi connectivity index (χ3n) is 2.14. The number of hydrogen-bond acceptors (Lipinski definition) is 6. The lowest BCUT2D eigenvalue weighted by Crippen LogP contribution is -2.34. The van der Waals surface area contributed by atoms with Crippen molar-refractivity contribution in [2.24, 2.45) is 0 Å². The molecule has 1 saturated heterocycles. The zero-order valence-electron chi connectivity index (χ0n) is 7.35. The lowest BCUT2D eigenvalue weighted by molar-refractivity contribution is -0.723. The molecule has 1 aliphatic heterocycles. The van der Waals surface area contributed by atoms with E-state index in [0.717, 1.165) is 6.21 Å². The van der Waals surface area contributed by atoms with Crippen molar-refractivity contribution < 1.29 is 30.2 Å². The van der Waals surface area contributed by atoms with Crippen molar-refractivity contribution in [3.8, 4) is 0 Å². The molecule has 1 aliphatic rings. The first-order valence-corrected chi connectivity index (χ1v) is 4.17. The summed E-state index contributed by atoms with van der Waals surface area (Å²) in [5.41, 5.74) is 0. The maximum atomic E-state index is 10.1. The minimum absolute atomic E-state index is 0.0330. The SMILES string of the molecule is [O-][N+](O)=CCC1O[C@@H](CO)[C@H](O)[C@H]1O. The van der Waals surface area contributed by atoms with E-state index < -0.39 is 35.9 Å². The Morgan fingerprint density at radius 2 is 1.86 bits per heavy atom. The first-order chi connectivity index (χ1) is 6.56. The van der Waals surface area contributed by atoms with Crippen LogP contribution in [0.3, 0.4) is 0 Å². The lowest BCUT2D eigenvalue weighted by atomic mass is 10.1. The van der Waals surface area contributed by atoms with Crippen molar-refractivity contribution in [1.82, 2.24) is 0 Å². The van der Waals surface area contributed by atoms with Gasteiger partial charge < -0.3 is 25.3 Å². The van der Waals surface area contributed by atoms with Gasteiger partial charge in [-0.15, -0.1) is 0 Å². The molecule has 7 heteroatoms. The standard InChI is InChI=1S/C7H13NO6/c9-3-5-7(11)6(10)4(14-5)1-2-8(12)13/h2,4-7,9-11H,1,3H2,(H,12,13)/t4?,5-,6-,7-/m0/s1. The maximum Gasteiger partial charge on any atom is 0.212 e. The molecule has 1 unspecified atom stereocenters. The van der Waals surface area contributed by atoms with Gasteiger partial charge in [0.05, 0.1) is 19.1 Å². The van der Waals surface area contributed by atoms with Crippen molar-refractivity contribution in [1.29, 1.82) is 0 Å². The zero-order chi connectivity index (χ0) is 10.7. The normalized spacial score (nSPS) is 38.9. The highest BCUT2D eigenvalue weighted by molar-refractivity contribution is 5.52. The molecule has 82 valence electrons. The van der Waals surface area contributed by atoms with Gasteiger partial charge in [0.1, 0.15) is 18.3 Å². The summed E-state index contributed by atoms with van der Waals surface area (Å²) < 4.78 is 5.03. The van der Waals surface area contributed by atoms with Gasteiger partial charge in [-0.2, -0.15) is 0 Å². The predicted molar refractivity (Wildman–Crippen MR) is 43.9 cm³/mol. The van der Waals surface area contributed by atoms with Crippen molar-refractivity contribution in [2.75, 3.05) is 6.61 Å². The van der Waals surface area contributed by atoms with Gasteiger partial charge in [0, 0.05) is 4.90 Å². The molecule has 4 N–H and O–H groups in total. The van der Waals surface area contributed by atoms with Crippen LogP contribution >= 0.6 is 0 Å². The minimum Gasteiger partial charge on any atom is -0.418 e. The van der Waals surface area contributed by atoms with Gasteiger partial charge in [-0.3, -0.25) is 5.21 Å². The molecule has 0 aromatic carbocycles. The quantitative estimate of drug-likeness (QED) is 0.181. The first-order valence-electron chi connectivity index (χ1n) is 4.17.